The number of para-hydroxylation sites is 1. The molecule has 0 spiro atoms. The van der Waals surface area contributed by atoms with E-state index in [0.29, 0.717) is 6.04 Å². The quantitative estimate of drug-likeness (QED) is 0.926. The Hall–Kier alpha value is -1.81. The largest absolute Gasteiger partial charge is 0.431 e. The molecular formula is C16H19N3O. The lowest BCUT2D eigenvalue weighted by Gasteiger charge is -2.27. The lowest BCUT2D eigenvalue weighted by atomic mass is 10.0. The number of fused-ring (bicyclic) bond motifs is 1. The van der Waals surface area contributed by atoms with Gasteiger partial charge >= 0.3 is 6.01 Å². The predicted octanol–water partition coefficient (Wildman–Crippen LogP) is 3.01. The molecule has 2 aliphatic rings. The molecule has 1 aromatic heterocycles. The molecule has 4 heteroatoms. The van der Waals surface area contributed by atoms with Gasteiger partial charge in [0.05, 0.1) is 5.69 Å². The van der Waals surface area contributed by atoms with E-state index in [0.717, 1.165) is 37.6 Å². The summed E-state index contributed by atoms with van der Waals surface area (Å²) in [6, 6.07) is 9.95. The van der Waals surface area contributed by atoms with E-state index in [-0.39, 0.29) is 0 Å². The number of nitrogens with one attached hydrogen (secondary N) is 1. The van der Waals surface area contributed by atoms with Crippen molar-refractivity contribution in [3.05, 3.63) is 41.8 Å². The number of oxazole rings is 1. The van der Waals surface area contributed by atoms with E-state index in [1.807, 2.05) is 0 Å². The Bertz CT molecular complexity index is 603. The fourth-order valence-electron chi connectivity index (χ4n) is 2.77. The summed E-state index contributed by atoms with van der Waals surface area (Å²) in [5, 5.41) is 3.47. The number of anilines is 2. The van der Waals surface area contributed by atoms with Crippen LogP contribution in [0.25, 0.3) is 0 Å². The summed E-state index contributed by atoms with van der Waals surface area (Å²) >= 11 is 0. The van der Waals surface area contributed by atoms with Gasteiger partial charge in [-0.15, -0.1) is 0 Å². The van der Waals surface area contributed by atoms with Crippen LogP contribution in [0, 0.1) is 0 Å². The molecule has 1 aliphatic carbocycles. The maximum absolute atomic E-state index is 5.69. The van der Waals surface area contributed by atoms with Crippen LogP contribution in [-0.2, 0) is 13.0 Å². The molecular weight excluding hydrogens is 250 g/mol. The molecule has 0 radical (unpaired) electrons. The summed E-state index contributed by atoms with van der Waals surface area (Å²) in [6.45, 7) is 1.79. The molecule has 1 saturated carbocycles. The summed E-state index contributed by atoms with van der Waals surface area (Å²) in [5.74, 6) is 0. The Balaban J connectivity index is 1.55. The van der Waals surface area contributed by atoms with Gasteiger partial charge in [-0.3, -0.25) is 4.90 Å². The van der Waals surface area contributed by atoms with Crippen molar-refractivity contribution < 1.29 is 4.42 Å². The Morgan fingerprint density at radius 1 is 1.30 bits per heavy atom. The van der Waals surface area contributed by atoms with Crippen molar-refractivity contribution in [2.75, 3.05) is 11.4 Å². The molecule has 0 unspecified atom stereocenters. The zero-order valence-corrected chi connectivity index (χ0v) is 11.5. The van der Waals surface area contributed by atoms with Crippen LogP contribution < -0.4 is 10.2 Å². The topological polar surface area (TPSA) is 41.3 Å². The van der Waals surface area contributed by atoms with Crippen molar-refractivity contribution in [2.45, 2.75) is 38.3 Å². The molecule has 2 aromatic rings. The average Bonchev–Trinajstić information content (AvgIpc) is 3.21. The van der Waals surface area contributed by atoms with Crippen LogP contribution in [-0.4, -0.2) is 17.6 Å². The maximum Gasteiger partial charge on any atom is 0.302 e. The predicted molar refractivity (Wildman–Crippen MR) is 78.1 cm³/mol. The molecule has 4 nitrogen and oxygen atoms in total. The molecule has 1 aromatic carbocycles. The van der Waals surface area contributed by atoms with Gasteiger partial charge in [-0.25, -0.2) is 0 Å². The third-order valence-electron chi connectivity index (χ3n) is 4.03. The zero-order chi connectivity index (χ0) is 13.4. The highest BCUT2D eigenvalue weighted by molar-refractivity contribution is 5.62. The number of nitrogens with zero attached hydrogens (tertiary/aromatic N) is 2. The Morgan fingerprint density at radius 2 is 2.20 bits per heavy atom. The van der Waals surface area contributed by atoms with Crippen molar-refractivity contribution in [2.24, 2.45) is 0 Å². The fraction of sp³-hybridized carbons (Fsp3) is 0.438. The molecule has 0 bridgehead atoms. The molecule has 1 aliphatic heterocycles. The summed E-state index contributed by atoms with van der Waals surface area (Å²) in [4.78, 5) is 6.82. The van der Waals surface area contributed by atoms with Gasteiger partial charge in [0.25, 0.3) is 0 Å². The van der Waals surface area contributed by atoms with Crippen LogP contribution >= 0.6 is 0 Å². The Kier molecular flexibility index (Phi) is 2.96. The first kappa shape index (κ1) is 12.0. The second-order valence-electron chi connectivity index (χ2n) is 5.66. The maximum atomic E-state index is 5.69. The van der Waals surface area contributed by atoms with E-state index < -0.39 is 0 Å². The van der Waals surface area contributed by atoms with Gasteiger partial charge in [-0.2, -0.15) is 4.98 Å². The number of hydrogen-bond acceptors (Lipinski definition) is 4. The van der Waals surface area contributed by atoms with Crippen molar-refractivity contribution in [1.82, 2.24) is 10.3 Å². The second-order valence-corrected chi connectivity index (χ2v) is 5.66. The minimum atomic E-state index is 0.700. The molecule has 20 heavy (non-hydrogen) atoms. The Morgan fingerprint density at radius 3 is 3.10 bits per heavy atom. The molecule has 0 saturated heterocycles. The van der Waals surface area contributed by atoms with E-state index in [1.54, 1.807) is 6.26 Å². The number of aromatic nitrogens is 1. The van der Waals surface area contributed by atoms with Crippen LogP contribution in [0.15, 0.2) is 34.9 Å². The van der Waals surface area contributed by atoms with E-state index in [4.69, 9.17) is 4.42 Å². The third kappa shape index (κ3) is 2.31. The van der Waals surface area contributed by atoms with Gasteiger partial charge in [0.2, 0.25) is 0 Å². The van der Waals surface area contributed by atoms with Crippen LogP contribution in [0.4, 0.5) is 11.7 Å². The van der Waals surface area contributed by atoms with Gasteiger partial charge in [0.1, 0.15) is 6.26 Å². The highest BCUT2D eigenvalue weighted by atomic mass is 16.4. The molecule has 0 atom stereocenters. The van der Waals surface area contributed by atoms with E-state index in [9.17, 15) is 0 Å². The fourth-order valence-corrected chi connectivity index (χ4v) is 2.77. The molecule has 1 N–H and O–H groups in total. The zero-order valence-electron chi connectivity index (χ0n) is 11.5. The molecule has 0 amide bonds. The standard InChI is InChI=1S/C16H19N3O/c1-2-6-15-12(4-1)5-3-9-19(15)16-18-14(11-20-16)10-17-13-7-8-13/h1-2,4,6,11,13,17H,3,5,7-10H2. The highest BCUT2D eigenvalue weighted by Gasteiger charge is 2.23. The lowest BCUT2D eigenvalue weighted by molar-refractivity contribution is 0.543. The van der Waals surface area contributed by atoms with Gasteiger partial charge in [-0.05, 0) is 37.3 Å². The Labute approximate surface area is 118 Å². The van der Waals surface area contributed by atoms with E-state index in [2.05, 4.69) is 39.5 Å². The van der Waals surface area contributed by atoms with E-state index in [1.165, 1.54) is 24.1 Å². The van der Waals surface area contributed by atoms with Gasteiger partial charge < -0.3 is 9.73 Å². The van der Waals surface area contributed by atoms with Crippen molar-refractivity contribution >= 4 is 11.7 Å². The molecule has 104 valence electrons. The molecule has 1 fully saturated rings. The third-order valence-corrected chi connectivity index (χ3v) is 4.03. The van der Waals surface area contributed by atoms with Gasteiger partial charge in [0, 0.05) is 24.8 Å². The first-order valence-corrected chi connectivity index (χ1v) is 7.43. The first-order valence-electron chi connectivity index (χ1n) is 7.43. The molecule has 4 rings (SSSR count). The van der Waals surface area contributed by atoms with E-state index >= 15 is 0 Å². The van der Waals surface area contributed by atoms with Crippen molar-refractivity contribution in [3.63, 3.8) is 0 Å². The van der Waals surface area contributed by atoms with Crippen LogP contribution in [0.2, 0.25) is 0 Å². The number of aryl methyl sites for hydroxylation is 1. The summed E-state index contributed by atoms with van der Waals surface area (Å²) in [6.07, 6.45) is 6.66. The summed E-state index contributed by atoms with van der Waals surface area (Å²) in [5.41, 5.74) is 3.62. The SMILES string of the molecule is c1ccc2c(c1)CCCN2c1nc(CNC2CC2)co1. The van der Waals surface area contributed by atoms with Crippen LogP contribution in [0.1, 0.15) is 30.5 Å². The minimum Gasteiger partial charge on any atom is -0.431 e. The monoisotopic (exact) mass is 269 g/mol. The minimum absolute atomic E-state index is 0.700. The van der Waals surface area contributed by atoms with Crippen molar-refractivity contribution in [1.29, 1.82) is 0 Å². The highest BCUT2D eigenvalue weighted by Crippen LogP contribution is 2.32. The number of benzene rings is 1. The van der Waals surface area contributed by atoms with Crippen molar-refractivity contribution in [3.8, 4) is 0 Å². The molecule has 2 heterocycles. The normalized spacial score (nSPS) is 18.1. The summed E-state index contributed by atoms with van der Waals surface area (Å²) < 4.78 is 5.69. The average molecular weight is 269 g/mol. The van der Waals surface area contributed by atoms with Gasteiger partial charge in [0.15, 0.2) is 0 Å². The second kappa shape index (κ2) is 4.94. The van der Waals surface area contributed by atoms with Gasteiger partial charge in [-0.1, -0.05) is 18.2 Å². The van der Waals surface area contributed by atoms with Crippen LogP contribution in [0.5, 0.6) is 0 Å². The number of rotatable bonds is 4. The smallest absolute Gasteiger partial charge is 0.302 e. The lowest BCUT2D eigenvalue weighted by Crippen LogP contribution is -2.24. The van der Waals surface area contributed by atoms with Crippen LogP contribution in [0.3, 0.4) is 0 Å². The summed E-state index contributed by atoms with van der Waals surface area (Å²) in [7, 11) is 0. The first-order chi connectivity index (χ1) is 9.90. The number of hydrogen-bond donors (Lipinski definition) is 1.